The van der Waals surface area contributed by atoms with Gasteiger partial charge in [-0.3, -0.25) is 0 Å². The highest BCUT2D eigenvalue weighted by Crippen LogP contribution is 2.12. The SMILES string of the molecule is Cc1cccc(S(=O)(=O)C/C(F)=C/CN)n1.Cl.Cl. The summed E-state index contributed by atoms with van der Waals surface area (Å²) in [5.41, 5.74) is 5.66. The van der Waals surface area contributed by atoms with Gasteiger partial charge in [0.2, 0.25) is 9.84 Å². The Morgan fingerprint density at radius 1 is 1.44 bits per heavy atom. The molecule has 1 aromatic heterocycles. The minimum atomic E-state index is -3.71. The van der Waals surface area contributed by atoms with E-state index in [9.17, 15) is 12.8 Å². The molecule has 0 atom stereocenters. The first-order valence-corrected chi connectivity index (χ1v) is 6.32. The zero-order chi connectivity index (χ0) is 12.2. The molecule has 0 aliphatic carbocycles. The van der Waals surface area contributed by atoms with Crippen molar-refractivity contribution in [3.05, 3.63) is 35.8 Å². The van der Waals surface area contributed by atoms with Gasteiger partial charge in [-0.1, -0.05) is 6.07 Å². The van der Waals surface area contributed by atoms with Gasteiger partial charge in [-0.2, -0.15) is 0 Å². The molecule has 18 heavy (non-hydrogen) atoms. The summed E-state index contributed by atoms with van der Waals surface area (Å²) in [4.78, 5) is 3.84. The predicted octanol–water partition coefficient (Wildman–Crippen LogP) is 1.82. The number of hydrogen-bond donors (Lipinski definition) is 1. The van der Waals surface area contributed by atoms with Crippen molar-refractivity contribution in [2.75, 3.05) is 12.3 Å². The van der Waals surface area contributed by atoms with Crippen LogP contribution in [-0.4, -0.2) is 25.7 Å². The maximum absolute atomic E-state index is 13.1. The lowest BCUT2D eigenvalue weighted by atomic mass is 10.4. The minimum absolute atomic E-state index is 0. The van der Waals surface area contributed by atoms with E-state index in [0.29, 0.717) is 5.69 Å². The summed E-state index contributed by atoms with van der Waals surface area (Å²) in [7, 11) is -3.71. The summed E-state index contributed by atoms with van der Waals surface area (Å²) in [6, 6.07) is 4.59. The van der Waals surface area contributed by atoms with E-state index in [-0.39, 0.29) is 36.4 Å². The van der Waals surface area contributed by atoms with Crippen molar-refractivity contribution in [3.63, 3.8) is 0 Å². The van der Waals surface area contributed by atoms with Crippen LogP contribution in [0.25, 0.3) is 0 Å². The van der Waals surface area contributed by atoms with E-state index < -0.39 is 21.4 Å². The first-order chi connectivity index (χ1) is 7.45. The maximum Gasteiger partial charge on any atom is 0.202 e. The second-order valence-corrected chi connectivity index (χ2v) is 5.20. The number of sulfone groups is 1. The van der Waals surface area contributed by atoms with E-state index in [1.165, 1.54) is 6.07 Å². The van der Waals surface area contributed by atoms with Crippen LogP contribution in [0.15, 0.2) is 35.1 Å². The van der Waals surface area contributed by atoms with Crippen molar-refractivity contribution in [1.82, 2.24) is 4.98 Å². The average molecular weight is 317 g/mol. The van der Waals surface area contributed by atoms with Gasteiger partial charge in [0.05, 0.1) is 0 Å². The smallest absolute Gasteiger partial charge is 0.202 e. The van der Waals surface area contributed by atoms with E-state index >= 15 is 0 Å². The fourth-order valence-corrected chi connectivity index (χ4v) is 2.33. The lowest BCUT2D eigenvalue weighted by molar-refractivity contribution is 0.579. The van der Waals surface area contributed by atoms with Gasteiger partial charge in [0.15, 0.2) is 5.03 Å². The Labute approximate surface area is 118 Å². The van der Waals surface area contributed by atoms with E-state index in [0.717, 1.165) is 6.08 Å². The molecule has 1 heterocycles. The van der Waals surface area contributed by atoms with Gasteiger partial charge in [-0.15, -0.1) is 24.8 Å². The molecule has 4 nitrogen and oxygen atoms in total. The number of hydrogen-bond acceptors (Lipinski definition) is 4. The molecule has 0 bridgehead atoms. The largest absolute Gasteiger partial charge is 0.327 e. The first-order valence-electron chi connectivity index (χ1n) is 4.67. The molecule has 0 amide bonds. The van der Waals surface area contributed by atoms with Gasteiger partial charge in [0.25, 0.3) is 0 Å². The molecule has 0 saturated carbocycles. The van der Waals surface area contributed by atoms with Crippen molar-refractivity contribution < 1.29 is 12.8 Å². The van der Waals surface area contributed by atoms with Crippen molar-refractivity contribution in [2.45, 2.75) is 11.9 Å². The van der Waals surface area contributed by atoms with Crippen LogP contribution in [0.1, 0.15) is 5.69 Å². The lowest BCUT2D eigenvalue weighted by Crippen LogP contribution is -2.10. The molecule has 0 spiro atoms. The van der Waals surface area contributed by atoms with Crippen LogP contribution >= 0.6 is 24.8 Å². The number of pyridine rings is 1. The summed E-state index contributed by atoms with van der Waals surface area (Å²) in [5, 5.41) is -0.118. The molecule has 0 aliphatic rings. The molecule has 0 unspecified atom stereocenters. The molecule has 104 valence electrons. The summed E-state index contributed by atoms with van der Waals surface area (Å²) < 4.78 is 36.4. The standard InChI is InChI=1S/C10H13FN2O2S.2ClH/c1-8-3-2-4-10(13-8)16(14,15)7-9(11)5-6-12;;/h2-5H,6-7,12H2,1H3;2*1H/b9-5-;;. The number of aromatic nitrogens is 1. The molecular weight excluding hydrogens is 302 g/mol. The number of aryl methyl sites for hydroxylation is 1. The summed E-state index contributed by atoms with van der Waals surface area (Å²) in [5.74, 6) is -1.45. The Bertz CT molecular complexity index is 506. The van der Waals surface area contributed by atoms with Crippen LogP contribution in [0.4, 0.5) is 4.39 Å². The molecule has 1 rings (SSSR count). The molecule has 0 radical (unpaired) electrons. The highest BCUT2D eigenvalue weighted by atomic mass is 35.5. The second kappa shape index (κ2) is 8.42. The molecular formula is C10H15Cl2FN2O2S. The minimum Gasteiger partial charge on any atom is -0.327 e. The molecule has 2 N–H and O–H groups in total. The van der Waals surface area contributed by atoms with Crippen molar-refractivity contribution in [3.8, 4) is 0 Å². The quantitative estimate of drug-likeness (QED) is 0.919. The van der Waals surface area contributed by atoms with Crippen molar-refractivity contribution in [1.29, 1.82) is 0 Å². The number of halogens is 3. The first kappa shape index (κ1) is 19.6. The van der Waals surface area contributed by atoms with Crippen LogP contribution in [-0.2, 0) is 9.84 Å². The van der Waals surface area contributed by atoms with E-state index in [1.807, 2.05) is 0 Å². The van der Waals surface area contributed by atoms with Gasteiger partial charge in [0.1, 0.15) is 11.6 Å². The van der Waals surface area contributed by atoms with Crippen LogP contribution < -0.4 is 5.73 Å². The summed E-state index contributed by atoms with van der Waals surface area (Å²) >= 11 is 0. The highest BCUT2D eigenvalue weighted by molar-refractivity contribution is 7.91. The predicted molar refractivity (Wildman–Crippen MR) is 73.8 cm³/mol. The molecule has 8 heteroatoms. The Kier molecular flexibility index (Phi) is 9.19. The average Bonchev–Trinajstić information content (AvgIpc) is 2.17. The zero-order valence-corrected chi connectivity index (χ0v) is 12.1. The monoisotopic (exact) mass is 316 g/mol. The lowest BCUT2D eigenvalue weighted by Gasteiger charge is -2.02. The number of nitrogens with two attached hydrogens (primary N) is 1. The molecule has 0 fully saturated rings. The Morgan fingerprint density at radius 2 is 2.06 bits per heavy atom. The summed E-state index contributed by atoms with van der Waals surface area (Å²) in [6.07, 6.45) is 1.04. The maximum atomic E-state index is 13.1. The summed E-state index contributed by atoms with van der Waals surface area (Å²) in [6.45, 7) is 1.65. The number of nitrogens with zero attached hydrogens (tertiary/aromatic N) is 1. The topological polar surface area (TPSA) is 73.0 Å². The fraction of sp³-hybridized carbons (Fsp3) is 0.300. The van der Waals surface area contributed by atoms with Crippen LogP contribution in [0.3, 0.4) is 0 Å². The van der Waals surface area contributed by atoms with E-state index in [2.05, 4.69) is 4.98 Å². The van der Waals surface area contributed by atoms with Crippen LogP contribution in [0.5, 0.6) is 0 Å². The Morgan fingerprint density at radius 3 is 2.56 bits per heavy atom. The molecule has 0 aliphatic heterocycles. The van der Waals surface area contributed by atoms with Crippen LogP contribution in [0.2, 0.25) is 0 Å². The Hall–Kier alpha value is -0.690. The number of rotatable bonds is 4. The van der Waals surface area contributed by atoms with Gasteiger partial charge >= 0.3 is 0 Å². The van der Waals surface area contributed by atoms with E-state index in [4.69, 9.17) is 5.73 Å². The zero-order valence-electron chi connectivity index (χ0n) is 9.67. The molecule has 0 saturated heterocycles. The van der Waals surface area contributed by atoms with Gasteiger partial charge in [-0.05, 0) is 25.1 Å². The van der Waals surface area contributed by atoms with Gasteiger partial charge in [-0.25, -0.2) is 17.8 Å². The fourth-order valence-electron chi connectivity index (χ4n) is 1.13. The molecule has 1 aromatic rings. The normalized spacial score (nSPS) is 11.4. The van der Waals surface area contributed by atoms with Crippen LogP contribution in [0, 0.1) is 6.92 Å². The van der Waals surface area contributed by atoms with Crippen molar-refractivity contribution >= 4 is 34.7 Å². The highest BCUT2D eigenvalue weighted by Gasteiger charge is 2.18. The Balaban J connectivity index is 0. The third kappa shape index (κ3) is 5.77. The van der Waals surface area contributed by atoms with Crippen molar-refractivity contribution in [2.24, 2.45) is 5.73 Å². The third-order valence-corrected chi connectivity index (χ3v) is 3.37. The van der Waals surface area contributed by atoms with Gasteiger partial charge in [0, 0.05) is 12.2 Å². The third-order valence-electron chi connectivity index (χ3n) is 1.85. The molecule has 0 aromatic carbocycles. The second-order valence-electron chi connectivity index (χ2n) is 3.26. The van der Waals surface area contributed by atoms with E-state index in [1.54, 1.807) is 19.1 Å². The van der Waals surface area contributed by atoms with Gasteiger partial charge < -0.3 is 5.73 Å².